The molecule has 17 heavy (non-hydrogen) atoms. The molecule has 0 spiro atoms. The lowest BCUT2D eigenvalue weighted by molar-refractivity contribution is 0.0435. The molecule has 0 aromatic heterocycles. The topological polar surface area (TPSA) is 86.9 Å². The lowest BCUT2D eigenvalue weighted by Crippen LogP contribution is -2.49. The van der Waals surface area contributed by atoms with Crippen LogP contribution < -0.4 is 5.73 Å². The first-order valence-electron chi connectivity index (χ1n) is 5.84. The van der Waals surface area contributed by atoms with Gasteiger partial charge in [-0.3, -0.25) is 0 Å². The summed E-state index contributed by atoms with van der Waals surface area (Å²) < 4.78 is 24.1. The normalized spacial score (nSPS) is 23.5. The summed E-state index contributed by atoms with van der Waals surface area (Å²) in [6, 6.07) is 0. The predicted octanol–water partition coefficient (Wildman–Crippen LogP) is -1.34. The van der Waals surface area contributed by atoms with Crippen LogP contribution in [0.3, 0.4) is 0 Å². The average molecular weight is 265 g/mol. The number of hydrogen-bond acceptors (Lipinski definition) is 5. The molecular weight excluding hydrogens is 242 g/mol. The van der Waals surface area contributed by atoms with Crippen LogP contribution in [0.5, 0.6) is 0 Å². The van der Waals surface area contributed by atoms with Crippen LogP contribution in [0.4, 0.5) is 0 Å². The molecular formula is C10H23N3O3S. The maximum absolute atomic E-state index is 11.3. The number of hydrogen-bond donors (Lipinski definition) is 2. The van der Waals surface area contributed by atoms with Crippen LogP contribution in [0, 0.1) is 0 Å². The van der Waals surface area contributed by atoms with Gasteiger partial charge in [-0.05, 0) is 13.3 Å². The van der Waals surface area contributed by atoms with E-state index in [4.69, 9.17) is 5.73 Å². The number of rotatable bonds is 5. The van der Waals surface area contributed by atoms with Crippen molar-refractivity contribution in [3.63, 3.8) is 0 Å². The van der Waals surface area contributed by atoms with Crippen LogP contribution in [0.15, 0.2) is 0 Å². The first kappa shape index (κ1) is 14.8. The van der Waals surface area contributed by atoms with Gasteiger partial charge in [-0.15, -0.1) is 0 Å². The van der Waals surface area contributed by atoms with Crippen LogP contribution in [-0.2, 0) is 10.0 Å². The van der Waals surface area contributed by atoms with E-state index in [1.54, 1.807) is 6.92 Å². The molecule has 7 heteroatoms. The molecule has 1 rings (SSSR count). The summed E-state index contributed by atoms with van der Waals surface area (Å²) >= 11 is 0. The van der Waals surface area contributed by atoms with E-state index in [0.717, 1.165) is 6.54 Å². The second kappa shape index (κ2) is 5.62. The van der Waals surface area contributed by atoms with Crippen molar-refractivity contribution in [1.82, 2.24) is 9.21 Å². The van der Waals surface area contributed by atoms with Crippen molar-refractivity contribution < 1.29 is 13.5 Å². The van der Waals surface area contributed by atoms with Crippen molar-refractivity contribution in [1.29, 1.82) is 0 Å². The van der Waals surface area contributed by atoms with Gasteiger partial charge in [-0.2, -0.15) is 4.31 Å². The summed E-state index contributed by atoms with van der Waals surface area (Å²) in [7, 11) is -3.06. The van der Waals surface area contributed by atoms with E-state index in [0.29, 0.717) is 32.6 Å². The van der Waals surface area contributed by atoms with Crippen LogP contribution in [0.1, 0.15) is 13.3 Å². The third-order valence-corrected chi connectivity index (χ3v) is 4.51. The fourth-order valence-corrected chi connectivity index (χ4v) is 2.61. The Morgan fingerprint density at radius 2 is 1.82 bits per heavy atom. The Morgan fingerprint density at radius 1 is 1.29 bits per heavy atom. The van der Waals surface area contributed by atoms with Gasteiger partial charge in [0.2, 0.25) is 10.0 Å². The zero-order valence-electron chi connectivity index (χ0n) is 10.6. The number of sulfonamides is 1. The number of aliphatic hydroxyl groups is 1. The van der Waals surface area contributed by atoms with E-state index < -0.39 is 15.6 Å². The van der Waals surface area contributed by atoms with E-state index in [2.05, 4.69) is 4.90 Å². The molecule has 0 aromatic carbocycles. The minimum Gasteiger partial charge on any atom is -0.389 e. The number of nitrogens with zero attached hydrogens (tertiary/aromatic N) is 2. The Bertz CT molecular complexity index is 335. The minimum atomic E-state index is -3.06. The third-order valence-electron chi connectivity index (χ3n) is 3.21. The van der Waals surface area contributed by atoms with Crippen molar-refractivity contribution in [3.8, 4) is 0 Å². The fraction of sp³-hybridized carbons (Fsp3) is 1.00. The van der Waals surface area contributed by atoms with E-state index in [-0.39, 0.29) is 6.54 Å². The van der Waals surface area contributed by atoms with E-state index >= 15 is 0 Å². The monoisotopic (exact) mass is 265 g/mol. The van der Waals surface area contributed by atoms with Gasteiger partial charge in [0.05, 0.1) is 11.9 Å². The van der Waals surface area contributed by atoms with Gasteiger partial charge < -0.3 is 15.7 Å². The number of piperazine rings is 1. The Labute approximate surface area is 103 Å². The van der Waals surface area contributed by atoms with Gasteiger partial charge in [0.25, 0.3) is 0 Å². The summed E-state index contributed by atoms with van der Waals surface area (Å²) in [6.45, 7) is 5.21. The Morgan fingerprint density at radius 3 is 2.24 bits per heavy atom. The molecule has 0 saturated carbocycles. The Balaban J connectivity index is 2.33. The molecule has 6 nitrogen and oxygen atoms in total. The fourth-order valence-electron chi connectivity index (χ4n) is 1.79. The Hall–Kier alpha value is -0.210. The summed E-state index contributed by atoms with van der Waals surface area (Å²) in [5.74, 6) is 0. The highest BCUT2D eigenvalue weighted by atomic mass is 32.2. The second-order valence-corrected chi connectivity index (χ2v) is 6.94. The molecule has 0 amide bonds. The number of nitrogens with two attached hydrogens (primary N) is 1. The highest BCUT2D eigenvalue weighted by Crippen LogP contribution is 2.11. The molecule has 0 radical (unpaired) electrons. The summed E-state index contributed by atoms with van der Waals surface area (Å²) in [5.41, 5.74) is 4.62. The summed E-state index contributed by atoms with van der Waals surface area (Å²) in [4.78, 5) is 2.16. The molecule has 1 aliphatic heterocycles. The maximum atomic E-state index is 11.3. The van der Waals surface area contributed by atoms with E-state index in [1.165, 1.54) is 10.6 Å². The van der Waals surface area contributed by atoms with E-state index in [1.807, 2.05) is 0 Å². The molecule has 0 bridgehead atoms. The quantitative estimate of drug-likeness (QED) is 0.643. The van der Waals surface area contributed by atoms with Crippen molar-refractivity contribution in [2.45, 2.75) is 18.9 Å². The maximum Gasteiger partial charge on any atom is 0.211 e. The van der Waals surface area contributed by atoms with Crippen molar-refractivity contribution >= 4 is 10.0 Å². The van der Waals surface area contributed by atoms with Gasteiger partial charge in [-0.25, -0.2) is 8.42 Å². The zero-order chi connectivity index (χ0) is 13.1. The van der Waals surface area contributed by atoms with Gasteiger partial charge in [-0.1, -0.05) is 0 Å². The van der Waals surface area contributed by atoms with Gasteiger partial charge in [0, 0.05) is 39.3 Å². The molecule has 1 atom stereocenters. The SMILES string of the molecule is CC(O)(CN)CCN1CCN(S(C)(=O)=O)CC1. The van der Waals surface area contributed by atoms with Gasteiger partial charge in [0.1, 0.15) is 0 Å². The lowest BCUT2D eigenvalue weighted by atomic mass is 10.0. The van der Waals surface area contributed by atoms with Crippen molar-refractivity contribution in [2.75, 3.05) is 45.5 Å². The minimum absolute atomic E-state index is 0.246. The van der Waals surface area contributed by atoms with Crippen molar-refractivity contribution in [3.05, 3.63) is 0 Å². The van der Waals surface area contributed by atoms with Crippen LogP contribution in [0.2, 0.25) is 0 Å². The van der Waals surface area contributed by atoms with Crippen LogP contribution >= 0.6 is 0 Å². The largest absolute Gasteiger partial charge is 0.389 e. The second-order valence-electron chi connectivity index (χ2n) is 4.95. The molecule has 3 N–H and O–H groups in total. The lowest BCUT2D eigenvalue weighted by Gasteiger charge is -2.34. The standard InChI is InChI=1S/C10H23N3O3S/c1-10(14,9-11)3-4-12-5-7-13(8-6-12)17(2,15)16/h14H,3-9,11H2,1-2H3. The molecule has 1 fully saturated rings. The smallest absolute Gasteiger partial charge is 0.211 e. The van der Waals surface area contributed by atoms with Crippen LogP contribution in [0.25, 0.3) is 0 Å². The Kier molecular flexibility index (Phi) is 4.91. The first-order valence-corrected chi connectivity index (χ1v) is 7.69. The average Bonchev–Trinajstić information content (AvgIpc) is 2.26. The van der Waals surface area contributed by atoms with Crippen LogP contribution in [-0.4, -0.2) is 73.9 Å². The predicted molar refractivity (Wildman–Crippen MR) is 67.2 cm³/mol. The molecule has 102 valence electrons. The van der Waals surface area contributed by atoms with Gasteiger partial charge >= 0.3 is 0 Å². The highest BCUT2D eigenvalue weighted by Gasteiger charge is 2.25. The summed E-state index contributed by atoms with van der Waals surface area (Å²) in [5, 5.41) is 9.78. The molecule has 1 saturated heterocycles. The molecule has 0 aliphatic carbocycles. The third kappa shape index (κ3) is 4.89. The first-order chi connectivity index (χ1) is 7.74. The summed E-state index contributed by atoms with van der Waals surface area (Å²) in [6.07, 6.45) is 1.85. The van der Waals surface area contributed by atoms with E-state index in [9.17, 15) is 13.5 Å². The molecule has 0 aromatic rings. The molecule has 1 aliphatic rings. The zero-order valence-corrected chi connectivity index (χ0v) is 11.4. The highest BCUT2D eigenvalue weighted by molar-refractivity contribution is 7.88. The van der Waals surface area contributed by atoms with Gasteiger partial charge in [0.15, 0.2) is 0 Å². The van der Waals surface area contributed by atoms with Crippen molar-refractivity contribution in [2.24, 2.45) is 5.73 Å². The molecule has 1 unspecified atom stereocenters. The molecule has 1 heterocycles.